The fourth-order valence-electron chi connectivity index (χ4n) is 11.8. The van der Waals surface area contributed by atoms with Crippen LogP contribution in [-0.2, 0) is 10.8 Å². The zero-order valence-electron chi connectivity index (χ0n) is 34.5. The van der Waals surface area contributed by atoms with Gasteiger partial charge in [-0.1, -0.05) is 171 Å². The molecule has 1 aliphatic heterocycles. The van der Waals surface area contributed by atoms with E-state index >= 15 is 0 Å². The molecule has 4 aliphatic carbocycles. The Hall–Kier alpha value is -7.62. The van der Waals surface area contributed by atoms with Crippen LogP contribution in [0, 0.1) is 5.92 Å². The van der Waals surface area contributed by atoms with Gasteiger partial charge in [0, 0.05) is 23.2 Å². The van der Waals surface area contributed by atoms with Crippen molar-refractivity contribution >= 4 is 11.4 Å². The van der Waals surface area contributed by atoms with Gasteiger partial charge in [0.15, 0.2) is 23.0 Å². The molecule has 62 heavy (non-hydrogen) atoms. The fourth-order valence-corrected chi connectivity index (χ4v) is 11.8. The van der Waals surface area contributed by atoms with Gasteiger partial charge in [0.1, 0.15) is 0 Å². The molecule has 7 aromatic carbocycles. The van der Waals surface area contributed by atoms with E-state index < -0.39 is 5.41 Å². The monoisotopic (exact) mass is 797 g/mol. The molecule has 3 atom stereocenters. The largest absolute Gasteiger partial charge is 0.449 e. The van der Waals surface area contributed by atoms with Crippen LogP contribution in [0.4, 0.5) is 11.4 Å². The molecular weight excluding hydrogens is 755 g/mol. The predicted molar refractivity (Wildman–Crippen MR) is 253 cm³/mol. The number of rotatable bonds is 7. The number of nitrogens with zero attached hydrogens (tertiary/aromatic N) is 1. The molecule has 0 bridgehead atoms. The molecule has 0 N–H and O–H groups in total. The summed E-state index contributed by atoms with van der Waals surface area (Å²) in [5.41, 5.74) is 16.4. The first-order chi connectivity index (χ1) is 30.5. The first-order valence-corrected chi connectivity index (χ1v) is 21.5. The normalized spacial score (nSPS) is 19.7. The van der Waals surface area contributed by atoms with Gasteiger partial charge >= 0.3 is 0 Å². The van der Waals surface area contributed by atoms with Crippen LogP contribution in [0.15, 0.2) is 225 Å². The van der Waals surface area contributed by atoms with Crippen LogP contribution in [0.25, 0.3) is 22.3 Å². The third kappa shape index (κ3) is 4.60. The van der Waals surface area contributed by atoms with Gasteiger partial charge < -0.3 is 14.4 Å². The third-order valence-electron chi connectivity index (χ3n) is 14.1. The minimum Gasteiger partial charge on any atom is -0.449 e. The highest BCUT2D eigenvalue weighted by molar-refractivity contribution is 5.90. The zero-order chi connectivity index (χ0) is 41.7. The molecular formula is C59H43NO2. The smallest absolute Gasteiger partial charge is 0.194 e. The van der Waals surface area contributed by atoms with Gasteiger partial charge in [-0.05, 0) is 116 Å². The summed E-state index contributed by atoms with van der Waals surface area (Å²) < 4.78 is 14.1. The second-order valence-electron chi connectivity index (χ2n) is 16.8. The fraction of sp³-hybridized carbons (Fsp3) is 0.0847. The Labute approximate surface area is 363 Å². The van der Waals surface area contributed by atoms with Gasteiger partial charge in [-0.25, -0.2) is 0 Å². The maximum absolute atomic E-state index is 7.19. The van der Waals surface area contributed by atoms with Crippen molar-refractivity contribution in [2.75, 3.05) is 4.90 Å². The minimum atomic E-state index is -0.592. The summed E-state index contributed by atoms with van der Waals surface area (Å²) in [6.07, 6.45) is 15.2. The highest BCUT2D eigenvalue weighted by Crippen LogP contribution is 2.67. The Morgan fingerprint density at radius 1 is 0.581 bits per heavy atom. The van der Waals surface area contributed by atoms with Crippen molar-refractivity contribution in [2.45, 2.75) is 23.7 Å². The van der Waals surface area contributed by atoms with Gasteiger partial charge in [-0.2, -0.15) is 0 Å². The summed E-state index contributed by atoms with van der Waals surface area (Å²) in [4.78, 5) is 2.14. The van der Waals surface area contributed by atoms with E-state index in [-0.39, 0.29) is 17.3 Å². The molecule has 0 saturated heterocycles. The van der Waals surface area contributed by atoms with Crippen molar-refractivity contribution in [3.63, 3.8) is 0 Å². The number of hydrogen-bond acceptors (Lipinski definition) is 3. The minimum absolute atomic E-state index is 0.181. The molecule has 5 aliphatic rings. The Morgan fingerprint density at radius 2 is 1.23 bits per heavy atom. The molecule has 0 radical (unpaired) electrons. The number of allylic oxidation sites excluding steroid dienone is 8. The highest BCUT2D eigenvalue weighted by Gasteiger charge is 2.57. The van der Waals surface area contributed by atoms with Gasteiger partial charge in [0.05, 0.1) is 16.5 Å². The Kier molecular flexibility index (Phi) is 7.86. The summed E-state index contributed by atoms with van der Waals surface area (Å²) in [6, 6.07) is 54.8. The molecule has 0 amide bonds. The molecule has 3 nitrogen and oxygen atoms in total. The average Bonchev–Trinajstić information content (AvgIpc) is 3.91. The molecule has 0 fully saturated rings. The molecule has 0 saturated carbocycles. The van der Waals surface area contributed by atoms with Crippen molar-refractivity contribution in [2.24, 2.45) is 5.92 Å². The maximum Gasteiger partial charge on any atom is 0.194 e. The van der Waals surface area contributed by atoms with Gasteiger partial charge in [0.25, 0.3) is 0 Å². The van der Waals surface area contributed by atoms with E-state index in [0.717, 1.165) is 16.9 Å². The number of benzene rings is 7. The van der Waals surface area contributed by atoms with E-state index in [1.165, 1.54) is 61.2 Å². The van der Waals surface area contributed by atoms with Crippen molar-refractivity contribution in [3.8, 4) is 45.3 Å². The van der Waals surface area contributed by atoms with Gasteiger partial charge in [-0.15, -0.1) is 0 Å². The number of para-hydroxylation sites is 1. The second kappa shape index (κ2) is 13.4. The number of ether oxygens (including phenoxy) is 2. The lowest BCUT2D eigenvalue weighted by atomic mass is 9.65. The average molecular weight is 798 g/mol. The van der Waals surface area contributed by atoms with E-state index in [1.807, 2.05) is 18.2 Å². The molecule has 0 aromatic heterocycles. The maximum atomic E-state index is 7.19. The quantitative estimate of drug-likeness (QED) is 0.150. The van der Waals surface area contributed by atoms with E-state index in [4.69, 9.17) is 9.47 Å². The molecule has 1 spiro atoms. The van der Waals surface area contributed by atoms with Crippen LogP contribution < -0.4 is 14.4 Å². The first-order valence-electron chi connectivity index (χ1n) is 21.5. The van der Waals surface area contributed by atoms with Crippen molar-refractivity contribution in [1.82, 2.24) is 0 Å². The summed E-state index contributed by atoms with van der Waals surface area (Å²) in [7, 11) is 0. The van der Waals surface area contributed by atoms with Gasteiger partial charge in [-0.3, -0.25) is 0 Å². The molecule has 12 rings (SSSR count). The third-order valence-corrected chi connectivity index (χ3v) is 14.1. The lowest BCUT2D eigenvalue weighted by molar-refractivity contribution is 0.359. The number of fused-ring (bicyclic) bond motifs is 15. The van der Waals surface area contributed by atoms with E-state index in [1.54, 1.807) is 6.08 Å². The van der Waals surface area contributed by atoms with Gasteiger partial charge in [0.2, 0.25) is 0 Å². The Morgan fingerprint density at radius 3 is 1.94 bits per heavy atom. The Balaban J connectivity index is 1.03. The van der Waals surface area contributed by atoms with E-state index in [0.29, 0.717) is 28.7 Å². The highest BCUT2D eigenvalue weighted by atomic mass is 16.6. The second-order valence-corrected chi connectivity index (χ2v) is 16.8. The van der Waals surface area contributed by atoms with Crippen LogP contribution in [-0.4, -0.2) is 0 Å². The topological polar surface area (TPSA) is 21.7 Å². The Bertz CT molecular complexity index is 3140. The molecule has 296 valence electrons. The van der Waals surface area contributed by atoms with Crippen molar-refractivity contribution in [3.05, 3.63) is 264 Å². The summed E-state index contributed by atoms with van der Waals surface area (Å²) >= 11 is 0. The predicted octanol–water partition coefficient (Wildman–Crippen LogP) is 15.0. The number of anilines is 2. The molecule has 3 heteroatoms. The standard InChI is InChI=1S/C59H43NO2/c1-5-37(4)60(40-32-33-45-43-24-11-15-26-47(43)58(51(45)34-40,38(6-2)7-3)39-20-9-8-10-21-39)53-30-19-31-54-57(53)62-56-36-52-46(35-55(56)61-54)44-25-14-18-29-50(44)59(52)48-27-16-12-22-41(48)42-23-13-17-28-49(42)59/h5-36,44,50H,1-2,4H2,3H3/b38-7+. The summed E-state index contributed by atoms with van der Waals surface area (Å²) in [5.74, 6) is 3.05. The van der Waals surface area contributed by atoms with Crippen LogP contribution in [0.3, 0.4) is 0 Å². The van der Waals surface area contributed by atoms with Crippen LogP contribution in [0.2, 0.25) is 0 Å². The van der Waals surface area contributed by atoms with Crippen LogP contribution >= 0.6 is 0 Å². The zero-order valence-corrected chi connectivity index (χ0v) is 34.5. The molecule has 1 heterocycles. The van der Waals surface area contributed by atoms with Crippen LogP contribution in [0.5, 0.6) is 23.0 Å². The SMILES string of the molecule is C=CC(=C)N(c1ccc2c(c1)C(/C(C=C)=C/C)(c1ccccc1)c1ccccc1-2)c1cccc2c1Oc1cc3c(cc1O2)C1C=CC=CC1C31c2ccccc2-c2ccccc21. The molecule has 3 unspecified atom stereocenters. The lowest BCUT2D eigenvalue weighted by Gasteiger charge is -2.36. The summed E-state index contributed by atoms with van der Waals surface area (Å²) in [6.45, 7) is 15.2. The number of hydrogen-bond donors (Lipinski definition) is 0. The molecule has 7 aromatic rings. The van der Waals surface area contributed by atoms with E-state index in [9.17, 15) is 0 Å². The van der Waals surface area contributed by atoms with Crippen molar-refractivity contribution < 1.29 is 9.47 Å². The summed E-state index contributed by atoms with van der Waals surface area (Å²) in [5, 5.41) is 0. The first kappa shape index (κ1) is 36.2. The van der Waals surface area contributed by atoms with Crippen molar-refractivity contribution in [1.29, 1.82) is 0 Å². The van der Waals surface area contributed by atoms with Crippen LogP contribution in [0.1, 0.15) is 51.8 Å². The van der Waals surface area contributed by atoms with E-state index in [2.05, 4.69) is 201 Å². The lowest BCUT2D eigenvalue weighted by Crippen LogP contribution is -2.32.